The van der Waals surface area contributed by atoms with E-state index in [9.17, 15) is 4.79 Å². The molecule has 1 amide bonds. The Balaban J connectivity index is 1.59. The lowest BCUT2D eigenvalue weighted by Gasteiger charge is -2.18. The molecular formula is C22H20N2O2. The summed E-state index contributed by atoms with van der Waals surface area (Å²) >= 11 is 0. The molecule has 4 heteroatoms. The maximum absolute atomic E-state index is 12.8. The molecule has 4 rings (SSSR count). The molecule has 4 nitrogen and oxygen atoms in total. The lowest BCUT2D eigenvalue weighted by atomic mass is 9.85. The molecular weight excluding hydrogens is 324 g/mol. The van der Waals surface area contributed by atoms with Crippen LogP contribution in [0.5, 0.6) is 0 Å². The molecule has 1 aliphatic carbocycles. The highest BCUT2D eigenvalue weighted by Gasteiger charge is 2.60. The molecule has 0 aliphatic heterocycles. The molecule has 1 N–H and O–H groups in total. The van der Waals surface area contributed by atoms with Crippen LogP contribution in [0.2, 0.25) is 0 Å². The van der Waals surface area contributed by atoms with Crippen LogP contribution in [0.25, 0.3) is 0 Å². The van der Waals surface area contributed by atoms with Crippen molar-refractivity contribution in [2.45, 2.75) is 18.8 Å². The van der Waals surface area contributed by atoms with Gasteiger partial charge in [-0.15, -0.1) is 0 Å². The van der Waals surface area contributed by atoms with Gasteiger partial charge in [-0.05, 0) is 36.6 Å². The summed E-state index contributed by atoms with van der Waals surface area (Å²) < 4.78 is 5.30. The Morgan fingerprint density at radius 2 is 1.62 bits per heavy atom. The van der Waals surface area contributed by atoms with Crippen LogP contribution in [-0.2, 0) is 10.2 Å². The molecule has 2 aromatic carbocycles. The Morgan fingerprint density at radius 1 is 1.00 bits per heavy atom. The average Bonchev–Trinajstić information content (AvgIpc) is 3.23. The molecule has 1 saturated carbocycles. The minimum absolute atomic E-state index is 0.0661. The summed E-state index contributed by atoms with van der Waals surface area (Å²) in [4.78, 5) is 12.8. The van der Waals surface area contributed by atoms with Crippen LogP contribution in [0.4, 0.5) is 0 Å². The van der Waals surface area contributed by atoms with Crippen LogP contribution in [0.3, 0.4) is 0 Å². The van der Waals surface area contributed by atoms with Crippen molar-refractivity contribution in [3.05, 3.63) is 95.9 Å². The maximum atomic E-state index is 12.8. The first-order valence-corrected chi connectivity index (χ1v) is 8.71. The second-order valence-electron chi connectivity index (χ2n) is 6.61. The standard InChI is InChI=1S/C22H20N2O2/c1-16(20-13-8-14-26-20)23-24-21(25)19-15-22(19,17-9-4-2-5-10-17)18-11-6-3-7-12-18/h2-14,19H,15H2,1H3,(H,24,25)/b23-16-/t19-/m0/s1. The van der Waals surface area contributed by atoms with Gasteiger partial charge in [0.15, 0.2) is 0 Å². The molecule has 1 heterocycles. The molecule has 0 spiro atoms. The topological polar surface area (TPSA) is 54.6 Å². The zero-order valence-electron chi connectivity index (χ0n) is 14.6. The van der Waals surface area contributed by atoms with E-state index in [0.717, 1.165) is 17.5 Å². The monoisotopic (exact) mass is 344 g/mol. The summed E-state index contributed by atoms with van der Waals surface area (Å²) in [5.74, 6) is 0.447. The molecule has 26 heavy (non-hydrogen) atoms. The van der Waals surface area contributed by atoms with Gasteiger partial charge in [0.05, 0.1) is 12.2 Å². The van der Waals surface area contributed by atoms with E-state index in [-0.39, 0.29) is 17.2 Å². The van der Waals surface area contributed by atoms with Crippen molar-refractivity contribution >= 4 is 11.6 Å². The lowest BCUT2D eigenvalue weighted by Crippen LogP contribution is -2.26. The number of benzene rings is 2. The van der Waals surface area contributed by atoms with Gasteiger partial charge >= 0.3 is 0 Å². The summed E-state index contributed by atoms with van der Waals surface area (Å²) in [7, 11) is 0. The van der Waals surface area contributed by atoms with E-state index in [4.69, 9.17) is 4.42 Å². The third kappa shape index (κ3) is 2.84. The molecule has 0 bridgehead atoms. The fourth-order valence-corrected chi connectivity index (χ4v) is 3.61. The van der Waals surface area contributed by atoms with Gasteiger partial charge in [0.1, 0.15) is 11.5 Å². The van der Waals surface area contributed by atoms with E-state index in [0.29, 0.717) is 11.5 Å². The summed E-state index contributed by atoms with van der Waals surface area (Å²) in [6.45, 7) is 1.81. The Morgan fingerprint density at radius 3 is 2.15 bits per heavy atom. The number of carbonyl (C=O) groups excluding carboxylic acids is 1. The zero-order chi connectivity index (χ0) is 18.0. The van der Waals surface area contributed by atoms with E-state index < -0.39 is 0 Å². The first-order valence-electron chi connectivity index (χ1n) is 8.71. The summed E-state index contributed by atoms with van der Waals surface area (Å²) in [6.07, 6.45) is 2.37. The highest BCUT2D eigenvalue weighted by molar-refractivity contribution is 5.97. The van der Waals surface area contributed by atoms with Crippen LogP contribution < -0.4 is 5.43 Å². The van der Waals surface area contributed by atoms with Crippen LogP contribution in [0.1, 0.15) is 30.2 Å². The quantitative estimate of drug-likeness (QED) is 0.559. The van der Waals surface area contributed by atoms with Crippen LogP contribution in [0.15, 0.2) is 88.6 Å². The van der Waals surface area contributed by atoms with E-state index >= 15 is 0 Å². The van der Waals surface area contributed by atoms with Crippen molar-refractivity contribution < 1.29 is 9.21 Å². The minimum atomic E-state index is -0.277. The third-order valence-corrected chi connectivity index (χ3v) is 5.07. The first-order chi connectivity index (χ1) is 12.7. The fraction of sp³-hybridized carbons (Fsp3) is 0.182. The second kappa shape index (κ2) is 6.64. The molecule has 3 aromatic rings. The number of rotatable bonds is 5. The predicted molar refractivity (Wildman–Crippen MR) is 101 cm³/mol. The summed E-state index contributed by atoms with van der Waals surface area (Å²) in [5, 5.41) is 4.20. The SMILES string of the molecule is C/C(=N/NC(=O)[C@@H]1CC1(c1ccccc1)c1ccccc1)c1ccco1. The van der Waals surface area contributed by atoms with Crippen LogP contribution in [-0.4, -0.2) is 11.6 Å². The number of hydrazone groups is 1. The van der Waals surface area contributed by atoms with Crippen LogP contribution in [0, 0.1) is 5.92 Å². The molecule has 1 atom stereocenters. The Hall–Kier alpha value is -3.14. The van der Waals surface area contributed by atoms with Crippen molar-refractivity contribution in [2.24, 2.45) is 11.0 Å². The van der Waals surface area contributed by atoms with Crippen molar-refractivity contribution in [1.82, 2.24) is 5.43 Å². The number of nitrogens with one attached hydrogen (secondary N) is 1. The van der Waals surface area contributed by atoms with Crippen LogP contribution >= 0.6 is 0 Å². The van der Waals surface area contributed by atoms with Crippen molar-refractivity contribution in [3.63, 3.8) is 0 Å². The second-order valence-corrected chi connectivity index (χ2v) is 6.61. The highest BCUT2D eigenvalue weighted by atomic mass is 16.3. The predicted octanol–water partition coefficient (Wildman–Crippen LogP) is 4.13. The fourth-order valence-electron chi connectivity index (χ4n) is 3.61. The van der Waals surface area contributed by atoms with Crippen molar-refractivity contribution in [2.75, 3.05) is 0 Å². The Labute approximate surface area is 152 Å². The molecule has 1 aromatic heterocycles. The molecule has 1 aliphatic rings. The third-order valence-electron chi connectivity index (χ3n) is 5.07. The number of carbonyl (C=O) groups is 1. The smallest absolute Gasteiger partial charge is 0.244 e. The van der Waals surface area contributed by atoms with Gasteiger partial charge in [-0.1, -0.05) is 60.7 Å². The van der Waals surface area contributed by atoms with E-state index in [1.165, 1.54) is 0 Å². The lowest BCUT2D eigenvalue weighted by molar-refractivity contribution is -0.122. The molecule has 1 fully saturated rings. The van der Waals surface area contributed by atoms with E-state index in [1.54, 1.807) is 12.3 Å². The number of furan rings is 1. The molecule has 0 unspecified atom stereocenters. The average molecular weight is 344 g/mol. The number of nitrogens with zero attached hydrogens (tertiary/aromatic N) is 1. The van der Waals surface area contributed by atoms with Gasteiger partial charge in [0.2, 0.25) is 5.91 Å². The van der Waals surface area contributed by atoms with Gasteiger partial charge in [0, 0.05) is 5.41 Å². The van der Waals surface area contributed by atoms with Gasteiger partial charge in [-0.3, -0.25) is 4.79 Å². The molecule has 0 saturated heterocycles. The highest BCUT2D eigenvalue weighted by Crippen LogP contribution is 2.58. The van der Waals surface area contributed by atoms with E-state index in [2.05, 4.69) is 34.8 Å². The van der Waals surface area contributed by atoms with Gasteiger partial charge < -0.3 is 4.42 Å². The number of hydrogen-bond acceptors (Lipinski definition) is 3. The van der Waals surface area contributed by atoms with Crippen molar-refractivity contribution in [3.8, 4) is 0 Å². The van der Waals surface area contributed by atoms with Crippen molar-refractivity contribution in [1.29, 1.82) is 0 Å². The number of amides is 1. The maximum Gasteiger partial charge on any atom is 0.244 e. The molecule has 0 radical (unpaired) electrons. The van der Waals surface area contributed by atoms with Gasteiger partial charge in [0.25, 0.3) is 0 Å². The Kier molecular flexibility index (Phi) is 4.17. The zero-order valence-corrected chi connectivity index (χ0v) is 14.6. The Bertz CT molecular complexity index is 876. The van der Waals surface area contributed by atoms with Gasteiger partial charge in [-0.25, -0.2) is 5.43 Å². The number of hydrogen-bond donors (Lipinski definition) is 1. The minimum Gasteiger partial charge on any atom is -0.463 e. The van der Waals surface area contributed by atoms with E-state index in [1.807, 2.05) is 49.4 Å². The normalized spacial score (nSPS) is 18.3. The molecule has 130 valence electrons. The first kappa shape index (κ1) is 16.3. The summed E-state index contributed by atoms with van der Waals surface area (Å²) in [6, 6.07) is 24.1. The van der Waals surface area contributed by atoms with Gasteiger partial charge in [-0.2, -0.15) is 5.10 Å². The summed E-state index contributed by atoms with van der Waals surface area (Å²) in [5.41, 5.74) is 5.42. The largest absolute Gasteiger partial charge is 0.463 e.